The van der Waals surface area contributed by atoms with Crippen LogP contribution in [0.3, 0.4) is 0 Å². The fourth-order valence-electron chi connectivity index (χ4n) is 2.00. The van der Waals surface area contributed by atoms with Crippen LogP contribution in [0.2, 0.25) is 5.15 Å². The van der Waals surface area contributed by atoms with Crippen LogP contribution in [0.5, 0.6) is 0 Å². The summed E-state index contributed by atoms with van der Waals surface area (Å²) in [5.74, 6) is 0. The molecule has 1 heterocycles. The van der Waals surface area contributed by atoms with Gasteiger partial charge in [-0.25, -0.2) is 4.98 Å². The normalized spacial score (nSPS) is 14.1. The first-order valence-electron chi connectivity index (χ1n) is 6.90. The molecule has 0 aliphatic carbocycles. The lowest BCUT2D eigenvalue weighted by Gasteiger charge is -2.23. The Labute approximate surface area is 120 Å². The topological polar surface area (TPSA) is 71.2 Å². The summed E-state index contributed by atoms with van der Waals surface area (Å²) < 4.78 is 0. The van der Waals surface area contributed by atoms with Crippen LogP contribution in [-0.2, 0) is 0 Å². The molecule has 1 aromatic heterocycles. The summed E-state index contributed by atoms with van der Waals surface area (Å²) in [5, 5.41) is 13.4. The highest BCUT2D eigenvalue weighted by molar-refractivity contribution is 6.32. The fourth-order valence-corrected chi connectivity index (χ4v) is 2.16. The van der Waals surface area contributed by atoms with Crippen molar-refractivity contribution in [2.24, 2.45) is 0 Å². The number of anilines is 2. The number of nitrogens with two attached hydrogens (primary N) is 1. The molecule has 19 heavy (non-hydrogen) atoms. The van der Waals surface area contributed by atoms with Crippen molar-refractivity contribution in [3.8, 4) is 0 Å². The second-order valence-corrected chi connectivity index (χ2v) is 5.26. The average molecular weight is 286 g/mol. The molecule has 0 aliphatic heterocycles. The number of hydrogen-bond acceptors (Lipinski definition) is 4. The van der Waals surface area contributed by atoms with Gasteiger partial charge in [0, 0.05) is 6.20 Å². The summed E-state index contributed by atoms with van der Waals surface area (Å²) in [4.78, 5) is 3.92. The molecule has 0 saturated carbocycles. The summed E-state index contributed by atoms with van der Waals surface area (Å²) in [6.45, 7) is 3.97. The number of halogens is 1. The largest absolute Gasteiger partial charge is 0.395 e. The predicted octanol–water partition coefficient (Wildman–Crippen LogP) is 3.45. The Balaban J connectivity index is 2.60. The molecule has 0 fully saturated rings. The molecular formula is C14H24ClN3O. The number of nitrogen functional groups attached to an aromatic ring is 1. The van der Waals surface area contributed by atoms with Crippen LogP contribution in [0.25, 0.3) is 0 Å². The first-order valence-corrected chi connectivity index (χ1v) is 7.28. The highest BCUT2D eigenvalue weighted by Crippen LogP contribution is 2.26. The molecule has 0 radical (unpaired) electrons. The maximum atomic E-state index is 9.84. The summed E-state index contributed by atoms with van der Waals surface area (Å²) >= 11 is 5.88. The lowest BCUT2D eigenvalue weighted by Crippen LogP contribution is -2.31. The fraction of sp³-hybridized carbons (Fsp3) is 0.643. The lowest BCUT2D eigenvalue weighted by molar-refractivity contribution is 0.166. The molecule has 0 unspecified atom stereocenters. The van der Waals surface area contributed by atoms with E-state index in [1.54, 1.807) is 19.2 Å². The van der Waals surface area contributed by atoms with Gasteiger partial charge < -0.3 is 16.2 Å². The molecule has 0 aromatic carbocycles. The van der Waals surface area contributed by atoms with Crippen molar-refractivity contribution in [1.82, 2.24) is 4.98 Å². The smallest absolute Gasteiger partial charge is 0.153 e. The zero-order valence-electron chi connectivity index (χ0n) is 11.7. The SMILES string of the molecule is CCCCCC[C@H](Nc1ccnc(Cl)c1N)[C@@H](C)O. The average Bonchev–Trinajstić information content (AvgIpc) is 2.37. The van der Waals surface area contributed by atoms with Gasteiger partial charge >= 0.3 is 0 Å². The molecule has 1 aromatic rings. The van der Waals surface area contributed by atoms with Gasteiger partial charge in [0.2, 0.25) is 0 Å². The van der Waals surface area contributed by atoms with Crippen LogP contribution in [0.1, 0.15) is 46.0 Å². The van der Waals surface area contributed by atoms with Crippen molar-refractivity contribution in [2.75, 3.05) is 11.1 Å². The van der Waals surface area contributed by atoms with Crippen LogP contribution in [0.15, 0.2) is 12.3 Å². The molecular weight excluding hydrogens is 262 g/mol. The quantitative estimate of drug-likeness (QED) is 0.505. The van der Waals surface area contributed by atoms with Gasteiger partial charge in [-0.1, -0.05) is 44.2 Å². The van der Waals surface area contributed by atoms with Crippen molar-refractivity contribution >= 4 is 23.0 Å². The number of nitrogens with zero attached hydrogens (tertiary/aromatic N) is 1. The van der Waals surface area contributed by atoms with E-state index < -0.39 is 6.10 Å². The Kier molecular flexibility index (Phi) is 6.95. The van der Waals surface area contributed by atoms with E-state index in [4.69, 9.17) is 17.3 Å². The predicted molar refractivity (Wildman–Crippen MR) is 81.5 cm³/mol. The summed E-state index contributed by atoms with van der Waals surface area (Å²) in [6, 6.07) is 1.76. The third-order valence-corrected chi connectivity index (χ3v) is 3.53. The van der Waals surface area contributed by atoms with E-state index in [-0.39, 0.29) is 6.04 Å². The zero-order chi connectivity index (χ0) is 14.3. The van der Waals surface area contributed by atoms with E-state index >= 15 is 0 Å². The molecule has 1 rings (SSSR count). The minimum absolute atomic E-state index is 0.0161. The molecule has 0 aliphatic rings. The van der Waals surface area contributed by atoms with Gasteiger partial charge in [0.1, 0.15) is 0 Å². The van der Waals surface area contributed by atoms with Crippen LogP contribution in [0.4, 0.5) is 11.4 Å². The Morgan fingerprint density at radius 1 is 1.42 bits per heavy atom. The van der Waals surface area contributed by atoms with Crippen LogP contribution in [-0.4, -0.2) is 22.2 Å². The standard InChI is InChI=1S/C14H24ClN3O/c1-3-4-5-6-7-11(10(2)19)18-12-8-9-17-14(15)13(12)16/h8-11,19H,3-7,16H2,1-2H3,(H,17,18)/t10-,11+/m1/s1. The minimum Gasteiger partial charge on any atom is -0.395 e. The van der Waals surface area contributed by atoms with Gasteiger partial charge in [0.25, 0.3) is 0 Å². The van der Waals surface area contributed by atoms with Gasteiger partial charge in [-0.2, -0.15) is 0 Å². The van der Waals surface area contributed by atoms with Crippen molar-refractivity contribution in [3.63, 3.8) is 0 Å². The summed E-state index contributed by atoms with van der Waals surface area (Å²) in [6.07, 6.45) is 6.81. The highest BCUT2D eigenvalue weighted by atomic mass is 35.5. The highest BCUT2D eigenvalue weighted by Gasteiger charge is 2.16. The van der Waals surface area contributed by atoms with Gasteiger partial charge in [-0.15, -0.1) is 0 Å². The molecule has 108 valence electrons. The number of aromatic nitrogens is 1. The van der Waals surface area contributed by atoms with Crippen molar-refractivity contribution < 1.29 is 5.11 Å². The number of aliphatic hydroxyl groups excluding tert-OH is 1. The first kappa shape index (κ1) is 16.1. The number of pyridine rings is 1. The van der Waals surface area contributed by atoms with E-state index in [0.717, 1.165) is 18.5 Å². The number of hydrogen-bond donors (Lipinski definition) is 3. The summed E-state index contributed by atoms with van der Waals surface area (Å²) in [7, 11) is 0. The van der Waals surface area contributed by atoms with E-state index in [2.05, 4.69) is 17.2 Å². The van der Waals surface area contributed by atoms with E-state index in [0.29, 0.717) is 10.8 Å². The van der Waals surface area contributed by atoms with E-state index in [1.165, 1.54) is 19.3 Å². The summed E-state index contributed by atoms with van der Waals surface area (Å²) in [5.41, 5.74) is 7.04. The van der Waals surface area contributed by atoms with Gasteiger partial charge in [-0.3, -0.25) is 0 Å². The number of unbranched alkanes of at least 4 members (excludes halogenated alkanes) is 3. The van der Waals surface area contributed by atoms with E-state index in [1.807, 2.05) is 0 Å². The van der Waals surface area contributed by atoms with Crippen LogP contribution < -0.4 is 11.1 Å². The number of nitrogens with one attached hydrogen (secondary N) is 1. The maximum Gasteiger partial charge on any atom is 0.153 e. The first-order chi connectivity index (χ1) is 9.06. The van der Waals surface area contributed by atoms with Crippen molar-refractivity contribution in [2.45, 2.75) is 58.1 Å². The Morgan fingerprint density at radius 3 is 2.79 bits per heavy atom. The molecule has 2 atom stereocenters. The Bertz CT molecular complexity index is 385. The molecule has 0 bridgehead atoms. The number of aliphatic hydroxyl groups is 1. The molecule has 4 nitrogen and oxygen atoms in total. The van der Waals surface area contributed by atoms with Crippen LogP contribution in [0, 0.1) is 0 Å². The number of rotatable bonds is 8. The molecule has 0 saturated heterocycles. The monoisotopic (exact) mass is 285 g/mol. The third-order valence-electron chi connectivity index (χ3n) is 3.23. The second-order valence-electron chi connectivity index (χ2n) is 4.90. The van der Waals surface area contributed by atoms with Crippen LogP contribution >= 0.6 is 11.6 Å². The van der Waals surface area contributed by atoms with E-state index in [9.17, 15) is 5.11 Å². The molecule has 0 amide bonds. The van der Waals surface area contributed by atoms with Gasteiger partial charge in [0.05, 0.1) is 23.5 Å². The molecule has 0 spiro atoms. The van der Waals surface area contributed by atoms with Gasteiger partial charge in [-0.05, 0) is 19.4 Å². The lowest BCUT2D eigenvalue weighted by atomic mass is 10.0. The third kappa shape index (κ3) is 5.25. The van der Waals surface area contributed by atoms with Gasteiger partial charge in [0.15, 0.2) is 5.15 Å². The van der Waals surface area contributed by atoms with Crippen molar-refractivity contribution in [1.29, 1.82) is 0 Å². The molecule has 4 N–H and O–H groups in total. The maximum absolute atomic E-state index is 9.84. The second kappa shape index (κ2) is 8.23. The molecule has 5 heteroatoms. The Hall–Kier alpha value is -1.00. The zero-order valence-corrected chi connectivity index (χ0v) is 12.5. The van der Waals surface area contributed by atoms with Crippen molar-refractivity contribution in [3.05, 3.63) is 17.4 Å². The minimum atomic E-state index is -0.437. The Morgan fingerprint density at radius 2 is 2.16 bits per heavy atom.